The Labute approximate surface area is 103 Å². The van der Waals surface area contributed by atoms with E-state index in [1.807, 2.05) is 12.1 Å². The monoisotopic (exact) mass is 253 g/mol. The fourth-order valence-electron chi connectivity index (χ4n) is 2.23. The van der Waals surface area contributed by atoms with Gasteiger partial charge in [0.25, 0.3) is 0 Å². The molecule has 3 nitrogen and oxygen atoms in total. The molecule has 94 valence electrons. The van der Waals surface area contributed by atoms with E-state index in [4.69, 9.17) is 0 Å². The number of anilines is 1. The van der Waals surface area contributed by atoms with Gasteiger partial charge in [0.15, 0.2) is 9.84 Å². The van der Waals surface area contributed by atoms with Gasteiger partial charge >= 0.3 is 0 Å². The number of sulfone groups is 1. The lowest BCUT2D eigenvalue weighted by Gasteiger charge is -2.13. The van der Waals surface area contributed by atoms with Crippen molar-refractivity contribution >= 4 is 15.5 Å². The van der Waals surface area contributed by atoms with Crippen molar-refractivity contribution in [3.05, 3.63) is 24.3 Å². The molecule has 0 spiro atoms. The predicted molar refractivity (Wildman–Crippen MR) is 70.0 cm³/mol. The fourth-order valence-corrected chi connectivity index (χ4v) is 3.12. The number of hydrogen-bond acceptors (Lipinski definition) is 3. The van der Waals surface area contributed by atoms with Crippen molar-refractivity contribution in [2.45, 2.75) is 43.5 Å². The summed E-state index contributed by atoms with van der Waals surface area (Å²) in [6.45, 7) is 1.67. The topological polar surface area (TPSA) is 46.2 Å². The number of rotatable bonds is 4. The first-order valence-electron chi connectivity index (χ1n) is 6.21. The van der Waals surface area contributed by atoms with Crippen LogP contribution in [-0.4, -0.2) is 20.2 Å². The molecule has 1 aliphatic rings. The van der Waals surface area contributed by atoms with Gasteiger partial charge < -0.3 is 5.32 Å². The summed E-state index contributed by atoms with van der Waals surface area (Å²) in [6, 6.07) is 7.66. The zero-order valence-electron chi connectivity index (χ0n) is 10.1. The van der Waals surface area contributed by atoms with Gasteiger partial charge in [0.05, 0.1) is 10.6 Å². The van der Waals surface area contributed by atoms with Gasteiger partial charge in [-0.3, -0.25) is 0 Å². The van der Waals surface area contributed by atoms with Crippen molar-refractivity contribution < 1.29 is 8.42 Å². The quantitative estimate of drug-likeness (QED) is 0.897. The van der Waals surface area contributed by atoms with Gasteiger partial charge in [-0.25, -0.2) is 8.42 Å². The van der Waals surface area contributed by atoms with E-state index in [1.54, 1.807) is 19.1 Å². The van der Waals surface area contributed by atoms with Crippen LogP contribution in [0.5, 0.6) is 0 Å². The highest BCUT2D eigenvalue weighted by molar-refractivity contribution is 7.91. The molecule has 4 heteroatoms. The van der Waals surface area contributed by atoms with Crippen molar-refractivity contribution in [3.8, 4) is 0 Å². The fraction of sp³-hybridized carbons (Fsp3) is 0.538. The molecule has 17 heavy (non-hydrogen) atoms. The first-order valence-corrected chi connectivity index (χ1v) is 7.86. The number of benzene rings is 1. The van der Waals surface area contributed by atoms with E-state index in [2.05, 4.69) is 5.32 Å². The van der Waals surface area contributed by atoms with Crippen LogP contribution >= 0.6 is 0 Å². The van der Waals surface area contributed by atoms with Gasteiger partial charge in [-0.2, -0.15) is 0 Å². The normalized spacial score (nSPS) is 17.2. The highest BCUT2D eigenvalue weighted by atomic mass is 32.2. The standard InChI is InChI=1S/C13H19NO2S/c1-2-17(15,16)13-9-7-12(8-10-13)14-11-5-3-4-6-11/h7-11,14H,2-6H2,1H3. The first-order chi connectivity index (χ1) is 8.12. The van der Waals surface area contributed by atoms with Gasteiger partial charge in [-0.15, -0.1) is 0 Å². The summed E-state index contributed by atoms with van der Waals surface area (Å²) in [5.74, 6) is 0.155. The molecule has 0 aliphatic heterocycles. The number of nitrogens with one attached hydrogen (secondary N) is 1. The Morgan fingerprint density at radius 3 is 2.29 bits per heavy atom. The van der Waals surface area contributed by atoms with E-state index < -0.39 is 9.84 Å². The molecule has 0 bridgehead atoms. The van der Waals surface area contributed by atoms with Gasteiger partial charge in [-0.1, -0.05) is 19.8 Å². The molecule has 1 N–H and O–H groups in total. The van der Waals surface area contributed by atoms with Crippen molar-refractivity contribution in [1.82, 2.24) is 0 Å². The van der Waals surface area contributed by atoms with Gasteiger partial charge in [-0.05, 0) is 37.1 Å². The second-order valence-electron chi connectivity index (χ2n) is 4.55. The summed E-state index contributed by atoms with van der Waals surface area (Å²) in [7, 11) is -3.07. The Morgan fingerprint density at radius 2 is 1.76 bits per heavy atom. The second kappa shape index (κ2) is 5.08. The average Bonchev–Trinajstić information content (AvgIpc) is 2.83. The minimum Gasteiger partial charge on any atom is -0.382 e. The van der Waals surface area contributed by atoms with Gasteiger partial charge in [0, 0.05) is 11.7 Å². The summed E-state index contributed by atoms with van der Waals surface area (Å²) in [5, 5.41) is 3.44. The second-order valence-corrected chi connectivity index (χ2v) is 6.83. The van der Waals surface area contributed by atoms with Crippen molar-refractivity contribution in [1.29, 1.82) is 0 Å². The summed E-state index contributed by atoms with van der Waals surface area (Å²) in [4.78, 5) is 0.414. The molecule has 0 saturated heterocycles. The maximum atomic E-state index is 11.6. The smallest absolute Gasteiger partial charge is 0.178 e. The molecule has 2 rings (SSSR count). The van der Waals surface area contributed by atoms with Crippen LogP contribution in [0.1, 0.15) is 32.6 Å². The van der Waals surface area contributed by atoms with Crippen LogP contribution in [0, 0.1) is 0 Å². The predicted octanol–water partition coefficient (Wildman–Crippen LogP) is 2.83. The van der Waals surface area contributed by atoms with Crippen LogP contribution in [-0.2, 0) is 9.84 Å². The molecular weight excluding hydrogens is 234 g/mol. The molecule has 0 radical (unpaired) electrons. The zero-order valence-corrected chi connectivity index (χ0v) is 11.0. The van der Waals surface area contributed by atoms with Crippen LogP contribution in [0.15, 0.2) is 29.2 Å². The largest absolute Gasteiger partial charge is 0.382 e. The number of hydrogen-bond donors (Lipinski definition) is 1. The third kappa shape index (κ3) is 3.00. The Kier molecular flexibility index (Phi) is 3.72. The molecular formula is C13H19NO2S. The van der Waals surface area contributed by atoms with Gasteiger partial charge in [0.2, 0.25) is 0 Å². The molecule has 0 aromatic heterocycles. The Morgan fingerprint density at radius 1 is 1.18 bits per heavy atom. The molecule has 1 fully saturated rings. The summed E-state index contributed by atoms with van der Waals surface area (Å²) in [5.41, 5.74) is 1.02. The first kappa shape index (κ1) is 12.4. The van der Waals surface area contributed by atoms with Gasteiger partial charge in [0.1, 0.15) is 0 Å². The lowest BCUT2D eigenvalue weighted by molar-refractivity contribution is 0.597. The third-order valence-electron chi connectivity index (χ3n) is 3.32. The minimum absolute atomic E-state index is 0.155. The molecule has 0 heterocycles. The van der Waals surface area contributed by atoms with E-state index in [1.165, 1.54) is 25.7 Å². The molecule has 1 saturated carbocycles. The third-order valence-corrected chi connectivity index (χ3v) is 5.07. The minimum atomic E-state index is -3.07. The van der Waals surface area contributed by atoms with E-state index in [9.17, 15) is 8.42 Å². The zero-order chi connectivity index (χ0) is 12.3. The molecule has 1 aliphatic carbocycles. The highest BCUT2D eigenvalue weighted by Crippen LogP contribution is 2.23. The van der Waals surface area contributed by atoms with Crippen molar-refractivity contribution in [2.75, 3.05) is 11.1 Å². The van der Waals surface area contributed by atoms with Crippen LogP contribution in [0.3, 0.4) is 0 Å². The van der Waals surface area contributed by atoms with Crippen LogP contribution in [0.4, 0.5) is 5.69 Å². The molecule has 1 aromatic rings. The maximum Gasteiger partial charge on any atom is 0.178 e. The Balaban J connectivity index is 2.07. The van der Waals surface area contributed by atoms with Crippen LogP contribution in [0.2, 0.25) is 0 Å². The van der Waals surface area contributed by atoms with Crippen LogP contribution < -0.4 is 5.32 Å². The van der Waals surface area contributed by atoms with E-state index in [-0.39, 0.29) is 5.75 Å². The summed E-state index contributed by atoms with van der Waals surface area (Å²) >= 11 is 0. The molecule has 0 unspecified atom stereocenters. The Hall–Kier alpha value is -1.03. The van der Waals surface area contributed by atoms with Crippen LogP contribution in [0.25, 0.3) is 0 Å². The van der Waals surface area contributed by atoms with Crippen molar-refractivity contribution in [2.24, 2.45) is 0 Å². The molecule has 1 aromatic carbocycles. The summed E-state index contributed by atoms with van der Waals surface area (Å²) < 4.78 is 23.3. The Bertz CT molecular complexity index is 459. The molecule has 0 atom stereocenters. The van der Waals surface area contributed by atoms with E-state index >= 15 is 0 Å². The van der Waals surface area contributed by atoms with E-state index in [0.717, 1.165) is 5.69 Å². The molecule has 0 amide bonds. The maximum absolute atomic E-state index is 11.6. The lowest BCUT2D eigenvalue weighted by Crippen LogP contribution is -2.14. The van der Waals surface area contributed by atoms with Crippen molar-refractivity contribution in [3.63, 3.8) is 0 Å². The summed E-state index contributed by atoms with van der Waals surface area (Å²) in [6.07, 6.45) is 5.02. The lowest BCUT2D eigenvalue weighted by atomic mass is 10.2. The van der Waals surface area contributed by atoms with E-state index in [0.29, 0.717) is 10.9 Å². The SMILES string of the molecule is CCS(=O)(=O)c1ccc(NC2CCCC2)cc1. The average molecular weight is 253 g/mol. The highest BCUT2D eigenvalue weighted by Gasteiger charge is 2.15.